The van der Waals surface area contributed by atoms with Crippen LogP contribution in [0.15, 0.2) is 0 Å². The molecule has 0 unspecified atom stereocenters. The van der Waals surface area contributed by atoms with Gasteiger partial charge in [0.1, 0.15) is 5.78 Å². The van der Waals surface area contributed by atoms with Crippen LogP contribution in [0.3, 0.4) is 0 Å². The van der Waals surface area contributed by atoms with Crippen LogP contribution in [0.5, 0.6) is 0 Å². The van der Waals surface area contributed by atoms with E-state index in [1.54, 1.807) is 0 Å². The fourth-order valence-corrected chi connectivity index (χ4v) is 8.65. The van der Waals surface area contributed by atoms with Crippen molar-refractivity contribution in [3.63, 3.8) is 0 Å². The molecule has 6 aliphatic rings. The molecule has 0 aromatic carbocycles. The van der Waals surface area contributed by atoms with Gasteiger partial charge in [-0.05, 0) is 48.9 Å². The molecule has 156 valence electrons. The van der Waals surface area contributed by atoms with Crippen LogP contribution in [0.25, 0.3) is 0 Å². The SMILES string of the molecule is C[C@]12CCC3(C[C@@H]1CC[C@H]1[C@H]4CCC5(OCCO5)[C@@]4(C)CC(=O)[C@@H]12)OCCO3. The Morgan fingerprint density at radius 1 is 0.857 bits per heavy atom. The molecule has 2 aliphatic heterocycles. The summed E-state index contributed by atoms with van der Waals surface area (Å²) in [7, 11) is 0. The van der Waals surface area contributed by atoms with E-state index in [1.807, 2.05) is 0 Å². The van der Waals surface area contributed by atoms with Crippen LogP contribution in [-0.4, -0.2) is 43.8 Å². The molecule has 5 heteroatoms. The molecule has 28 heavy (non-hydrogen) atoms. The summed E-state index contributed by atoms with van der Waals surface area (Å²) in [4.78, 5) is 13.7. The lowest BCUT2D eigenvalue weighted by atomic mass is 9.44. The number of ether oxygens (including phenoxy) is 4. The molecule has 4 saturated carbocycles. The van der Waals surface area contributed by atoms with Gasteiger partial charge in [-0.1, -0.05) is 13.8 Å². The van der Waals surface area contributed by atoms with Gasteiger partial charge in [0.05, 0.1) is 26.4 Å². The third kappa shape index (κ3) is 2.15. The fraction of sp³-hybridized carbons (Fsp3) is 0.957. The van der Waals surface area contributed by atoms with Gasteiger partial charge in [0.2, 0.25) is 0 Å². The van der Waals surface area contributed by atoms with Gasteiger partial charge in [-0.3, -0.25) is 4.79 Å². The Kier molecular flexibility index (Phi) is 3.79. The zero-order valence-electron chi connectivity index (χ0n) is 17.3. The van der Waals surface area contributed by atoms with E-state index in [9.17, 15) is 4.79 Å². The first-order valence-corrected chi connectivity index (χ1v) is 11.5. The van der Waals surface area contributed by atoms with Gasteiger partial charge in [0.15, 0.2) is 11.6 Å². The summed E-state index contributed by atoms with van der Waals surface area (Å²) in [6.07, 6.45) is 8.03. The van der Waals surface area contributed by atoms with Gasteiger partial charge in [0.25, 0.3) is 0 Å². The second-order valence-electron chi connectivity index (χ2n) is 10.9. The Labute approximate surface area is 167 Å². The number of carbonyl (C=O) groups is 1. The van der Waals surface area contributed by atoms with E-state index in [-0.39, 0.29) is 22.5 Å². The highest BCUT2D eigenvalue weighted by atomic mass is 16.7. The molecule has 0 bridgehead atoms. The predicted octanol–water partition coefficient (Wildman–Crippen LogP) is 3.69. The standard InChI is InChI=1S/C23H34O5/c1-20-7-8-22(25-9-10-26-22)13-15(20)3-4-16-17-5-6-23(27-11-12-28-23)21(17,2)14-18(24)19(16)20/h15-17,19H,3-14H2,1-2H3/t15-,16-,17+,19+,20-,21-/m0/s1. The predicted molar refractivity (Wildman–Crippen MR) is 101 cm³/mol. The first kappa shape index (κ1) is 18.3. The normalized spacial score (nSPS) is 51.3. The highest BCUT2D eigenvalue weighted by molar-refractivity contribution is 5.84. The second kappa shape index (κ2) is 5.81. The summed E-state index contributed by atoms with van der Waals surface area (Å²) in [5, 5.41) is 0. The van der Waals surface area contributed by atoms with Crippen LogP contribution < -0.4 is 0 Å². The lowest BCUT2D eigenvalue weighted by Crippen LogP contribution is -2.61. The first-order valence-electron chi connectivity index (χ1n) is 11.5. The fourth-order valence-electron chi connectivity index (χ4n) is 8.65. The molecule has 0 aromatic heterocycles. The van der Waals surface area contributed by atoms with Crippen molar-refractivity contribution in [1.82, 2.24) is 0 Å². The van der Waals surface area contributed by atoms with Crippen molar-refractivity contribution in [3.8, 4) is 0 Å². The number of rotatable bonds is 0. The van der Waals surface area contributed by atoms with Crippen molar-refractivity contribution in [2.24, 2.45) is 34.5 Å². The van der Waals surface area contributed by atoms with E-state index in [0.717, 1.165) is 51.7 Å². The van der Waals surface area contributed by atoms with Crippen molar-refractivity contribution in [1.29, 1.82) is 0 Å². The lowest BCUT2D eigenvalue weighted by molar-refractivity contribution is -0.251. The first-order chi connectivity index (χ1) is 13.4. The van der Waals surface area contributed by atoms with Crippen molar-refractivity contribution < 1.29 is 23.7 Å². The molecule has 6 atom stereocenters. The van der Waals surface area contributed by atoms with E-state index < -0.39 is 5.79 Å². The van der Waals surface area contributed by atoms with Gasteiger partial charge in [0, 0.05) is 37.0 Å². The van der Waals surface area contributed by atoms with Crippen LogP contribution in [0, 0.1) is 34.5 Å². The quantitative estimate of drug-likeness (QED) is 0.631. The zero-order chi connectivity index (χ0) is 19.2. The molecule has 6 rings (SSSR count). The maximum Gasteiger partial charge on any atom is 0.174 e. The van der Waals surface area contributed by atoms with E-state index in [4.69, 9.17) is 18.9 Å². The number of carbonyl (C=O) groups excluding carboxylic acids is 1. The summed E-state index contributed by atoms with van der Waals surface area (Å²) < 4.78 is 24.5. The third-order valence-electron chi connectivity index (χ3n) is 9.97. The van der Waals surface area contributed by atoms with Gasteiger partial charge < -0.3 is 18.9 Å². The van der Waals surface area contributed by atoms with Crippen LogP contribution >= 0.6 is 0 Å². The van der Waals surface area contributed by atoms with E-state index in [1.165, 1.54) is 6.42 Å². The average Bonchev–Trinajstić information content (AvgIpc) is 3.38. The zero-order valence-corrected chi connectivity index (χ0v) is 17.3. The average molecular weight is 391 g/mol. The number of hydrogen-bond acceptors (Lipinski definition) is 5. The van der Waals surface area contributed by atoms with E-state index >= 15 is 0 Å². The summed E-state index contributed by atoms with van der Waals surface area (Å²) in [5.74, 6) is 1.37. The van der Waals surface area contributed by atoms with Crippen LogP contribution in [0.4, 0.5) is 0 Å². The maximum atomic E-state index is 13.7. The van der Waals surface area contributed by atoms with E-state index in [2.05, 4.69) is 13.8 Å². The van der Waals surface area contributed by atoms with Crippen molar-refractivity contribution in [2.45, 2.75) is 76.8 Å². The summed E-state index contributed by atoms with van der Waals surface area (Å²) in [5.41, 5.74) is -0.0620. The number of hydrogen-bond donors (Lipinski definition) is 0. The topological polar surface area (TPSA) is 54.0 Å². The monoisotopic (exact) mass is 390 g/mol. The van der Waals surface area contributed by atoms with Gasteiger partial charge in [-0.25, -0.2) is 0 Å². The molecule has 0 N–H and O–H groups in total. The molecule has 2 spiro atoms. The molecule has 0 radical (unpaired) electrons. The number of fused-ring (bicyclic) bond motifs is 6. The highest BCUT2D eigenvalue weighted by Gasteiger charge is 2.70. The Hall–Kier alpha value is -0.490. The molecule has 5 nitrogen and oxygen atoms in total. The minimum Gasteiger partial charge on any atom is -0.348 e. The molecule has 2 saturated heterocycles. The second-order valence-corrected chi connectivity index (χ2v) is 10.9. The van der Waals surface area contributed by atoms with E-state index in [0.29, 0.717) is 43.2 Å². The van der Waals surface area contributed by atoms with Crippen LogP contribution in [-0.2, 0) is 23.7 Å². The Morgan fingerprint density at radius 3 is 2.32 bits per heavy atom. The third-order valence-corrected chi connectivity index (χ3v) is 9.97. The summed E-state index contributed by atoms with van der Waals surface area (Å²) >= 11 is 0. The molecular weight excluding hydrogens is 356 g/mol. The molecular formula is C23H34O5. The van der Waals surface area contributed by atoms with Gasteiger partial charge in [-0.2, -0.15) is 0 Å². The Bertz CT molecular complexity index is 678. The van der Waals surface area contributed by atoms with Crippen molar-refractivity contribution >= 4 is 5.78 Å². The molecule has 0 aromatic rings. The van der Waals surface area contributed by atoms with Crippen LogP contribution in [0.1, 0.15) is 65.2 Å². The summed E-state index contributed by atoms with van der Waals surface area (Å²) in [6.45, 7) is 7.48. The molecule has 6 fully saturated rings. The lowest BCUT2D eigenvalue weighted by Gasteiger charge is -2.61. The minimum absolute atomic E-state index is 0.0923. The number of ketones is 1. The number of Topliss-reactive ketones (excluding diaryl/α,β-unsaturated/α-hetero) is 1. The smallest absolute Gasteiger partial charge is 0.174 e. The maximum absolute atomic E-state index is 13.7. The molecule has 0 amide bonds. The van der Waals surface area contributed by atoms with Crippen molar-refractivity contribution in [2.75, 3.05) is 26.4 Å². The van der Waals surface area contributed by atoms with Gasteiger partial charge >= 0.3 is 0 Å². The summed E-state index contributed by atoms with van der Waals surface area (Å²) in [6, 6.07) is 0. The highest BCUT2D eigenvalue weighted by Crippen LogP contribution is 2.69. The van der Waals surface area contributed by atoms with Gasteiger partial charge in [-0.15, -0.1) is 0 Å². The Balaban J connectivity index is 1.32. The minimum atomic E-state index is -0.502. The Morgan fingerprint density at radius 2 is 1.57 bits per heavy atom. The largest absolute Gasteiger partial charge is 0.348 e. The molecule has 4 aliphatic carbocycles. The molecule has 2 heterocycles. The van der Waals surface area contributed by atoms with Crippen LogP contribution in [0.2, 0.25) is 0 Å². The van der Waals surface area contributed by atoms with Crippen molar-refractivity contribution in [3.05, 3.63) is 0 Å².